The van der Waals surface area contributed by atoms with E-state index >= 15 is 0 Å². The molecule has 0 bridgehead atoms. The van der Waals surface area contributed by atoms with Crippen molar-refractivity contribution >= 4 is 11.9 Å². The lowest BCUT2D eigenvalue weighted by molar-refractivity contribution is 0.0948. The van der Waals surface area contributed by atoms with Gasteiger partial charge < -0.3 is 20.1 Å². The molecule has 0 aromatic carbocycles. The average molecular weight is 265 g/mol. The van der Waals surface area contributed by atoms with Gasteiger partial charge in [0.05, 0.1) is 0 Å². The molecule has 19 heavy (non-hydrogen) atoms. The normalized spacial score (nSPS) is 14.1. The largest absolute Gasteiger partial charge is 0.356 e. The molecule has 0 aliphatic carbocycles. The minimum absolute atomic E-state index is 0.0754. The number of nitrogens with zero attached hydrogens (tertiary/aromatic N) is 3. The predicted molar refractivity (Wildman–Crippen MR) is 75.5 cm³/mol. The van der Waals surface area contributed by atoms with E-state index in [2.05, 4.69) is 34.6 Å². The first kappa shape index (κ1) is 13.9. The Bertz CT molecular complexity index is 403. The maximum atomic E-state index is 11.9. The van der Waals surface area contributed by atoms with E-state index in [4.69, 9.17) is 0 Å². The first-order valence-corrected chi connectivity index (χ1v) is 6.91. The molecule has 6 heteroatoms. The number of carbonyl (C=O) groups is 1. The summed E-state index contributed by atoms with van der Waals surface area (Å²) in [7, 11) is 4.11. The fourth-order valence-electron chi connectivity index (χ4n) is 2.13. The van der Waals surface area contributed by atoms with E-state index in [1.54, 1.807) is 0 Å². The van der Waals surface area contributed by atoms with Crippen LogP contribution in [-0.2, 0) is 6.54 Å². The predicted octanol–water partition coefficient (Wildman–Crippen LogP) is 0.770. The van der Waals surface area contributed by atoms with Gasteiger partial charge in [-0.1, -0.05) is 0 Å². The number of anilines is 1. The summed E-state index contributed by atoms with van der Waals surface area (Å²) < 4.78 is 2.00. The van der Waals surface area contributed by atoms with Crippen molar-refractivity contribution in [1.82, 2.24) is 19.8 Å². The summed E-state index contributed by atoms with van der Waals surface area (Å²) in [5, 5.41) is 6.11. The van der Waals surface area contributed by atoms with Crippen LogP contribution in [-0.4, -0.2) is 54.1 Å². The van der Waals surface area contributed by atoms with Crippen molar-refractivity contribution in [2.75, 3.05) is 39.0 Å². The average Bonchev–Trinajstić information content (AvgIpc) is 2.81. The van der Waals surface area contributed by atoms with Crippen LogP contribution in [0, 0.1) is 0 Å². The van der Waals surface area contributed by atoms with Crippen LogP contribution in [0.5, 0.6) is 0 Å². The van der Waals surface area contributed by atoms with E-state index in [0.29, 0.717) is 12.2 Å². The molecule has 0 unspecified atom stereocenters. The van der Waals surface area contributed by atoms with Crippen molar-refractivity contribution in [2.45, 2.75) is 25.8 Å². The van der Waals surface area contributed by atoms with Gasteiger partial charge in [0.2, 0.25) is 5.95 Å². The molecule has 0 radical (unpaired) electrons. The topological polar surface area (TPSA) is 62.2 Å². The maximum absolute atomic E-state index is 11.9. The van der Waals surface area contributed by atoms with E-state index in [-0.39, 0.29) is 5.91 Å². The van der Waals surface area contributed by atoms with Crippen molar-refractivity contribution in [1.29, 1.82) is 0 Å². The molecular weight excluding hydrogens is 242 g/mol. The summed E-state index contributed by atoms with van der Waals surface area (Å²) >= 11 is 0. The number of unbranched alkanes of at least 4 members (excludes halogenated alkanes) is 1. The minimum Gasteiger partial charge on any atom is -0.356 e. The SMILES string of the molecule is CN(C)CCCCNC(=O)c1cn2c(n1)NCCC2. The van der Waals surface area contributed by atoms with Gasteiger partial charge in [-0.2, -0.15) is 0 Å². The van der Waals surface area contributed by atoms with Gasteiger partial charge in [0.1, 0.15) is 5.69 Å². The van der Waals surface area contributed by atoms with Gasteiger partial charge in [0.25, 0.3) is 5.91 Å². The Morgan fingerprint density at radius 2 is 2.37 bits per heavy atom. The Morgan fingerprint density at radius 1 is 1.53 bits per heavy atom. The summed E-state index contributed by atoms with van der Waals surface area (Å²) in [6, 6.07) is 0. The molecule has 0 fully saturated rings. The molecule has 2 rings (SSSR count). The van der Waals surface area contributed by atoms with Crippen molar-refractivity contribution in [3.63, 3.8) is 0 Å². The number of aromatic nitrogens is 2. The van der Waals surface area contributed by atoms with Crippen molar-refractivity contribution in [3.8, 4) is 0 Å². The van der Waals surface area contributed by atoms with Crippen LogP contribution >= 0.6 is 0 Å². The van der Waals surface area contributed by atoms with Crippen LogP contribution in [0.1, 0.15) is 29.8 Å². The summed E-state index contributed by atoms with van der Waals surface area (Å²) in [4.78, 5) is 18.4. The fourth-order valence-corrected chi connectivity index (χ4v) is 2.13. The second kappa shape index (κ2) is 6.56. The summed E-state index contributed by atoms with van der Waals surface area (Å²) in [6.07, 6.45) is 5.00. The van der Waals surface area contributed by atoms with E-state index < -0.39 is 0 Å². The number of hydrogen-bond donors (Lipinski definition) is 2. The highest BCUT2D eigenvalue weighted by molar-refractivity contribution is 5.92. The van der Waals surface area contributed by atoms with Crippen LogP contribution in [0.4, 0.5) is 5.95 Å². The molecule has 1 amide bonds. The van der Waals surface area contributed by atoms with Crippen LogP contribution in [0.2, 0.25) is 0 Å². The molecule has 106 valence electrons. The summed E-state index contributed by atoms with van der Waals surface area (Å²) in [5.74, 6) is 0.734. The van der Waals surface area contributed by atoms with Gasteiger partial charge in [-0.25, -0.2) is 4.98 Å². The number of carbonyl (C=O) groups excluding carboxylic acids is 1. The third kappa shape index (κ3) is 3.96. The number of nitrogens with one attached hydrogen (secondary N) is 2. The molecule has 2 N–H and O–H groups in total. The molecule has 0 spiro atoms. The summed E-state index contributed by atoms with van der Waals surface area (Å²) in [5.41, 5.74) is 0.511. The molecule has 0 atom stereocenters. The van der Waals surface area contributed by atoms with Gasteiger partial charge in [-0.3, -0.25) is 4.79 Å². The minimum atomic E-state index is -0.0754. The zero-order valence-corrected chi connectivity index (χ0v) is 11.8. The lowest BCUT2D eigenvalue weighted by atomic mass is 10.3. The molecular formula is C13H23N5O. The Morgan fingerprint density at radius 3 is 3.11 bits per heavy atom. The van der Waals surface area contributed by atoms with Crippen molar-refractivity contribution < 1.29 is 4.79 Å². The molecule has 1 aromatic heterocycles. The second-order valence-electron chi connectivity index (χ2n) is 5.19. The number of aryl methyl sites for hydroxylation is 1. The second-order valence-corrected chi connectivity index (χ2v) is 5.19. The monoisotopic (exact) mass is 265 g/mol. The molecule has 1 aromatic rings. The molecule has 1 aliphatic heterocycles. The highest BCUT2D eigenvalue weighted by Gasteiger charge is 2.15. The fraction of sp³-hybridized carbons (Fsp3) is 0.692. The Labute approximate surface area is 114 Å². The van der Waals surface area contributed by atoms with Crippen LogP contribution < -0.4 is 10.6 Å². The van der Waals surface area contributed by atoms with Gasteiger partial charge in [0, 0.05) is 25.8 Å². The van der Waals surface area contributed by atoms with Gasteiger partial charge >= 0.3 is 0 Å². The molecule has 2 heterocycles. The Hall–Kier alpha value is -1.56. The lowest BCUT2D eigenvalue weighted by Crippen LogP contribution is -2.25. The number of rotatable bonds is 6. The van der Waals surface area contributed by atoms with E-state index in [1.165, 1.54) is 0 Å². The lowest BCUT2D eigenvalue weighted by Gasteiger charge is -2.14. The third-order valence-corrected chi connectivity index (χ3v) is 3.19. The van der Waals surface area contributed by atoms with E-state index in [0.717, 1.165) is 44.8 Å². The molecule has 6 nitrogen and oxygen atoms in total. The maximum Gasteiger partial charge on any atom is 0.271 e. The summed E-state index contributed by atoms with van der Waals surface area (Å²) in [6.45, 7) is 3.63. The third-order valence-electron chi connectivity index (χ3n) is 3.19. The quantitative estimate of drug-likeness (QED) is 0.746. The standard InChI is InChI=1S/C13H23N5O/c1-17(2)8-4-3-6-14-12(19)11-10-18-9-5-7-15-13(18)16-11/h10H,3-9H2,1-2H3,(H,14,19)(H,15,16). The zero-order chi connectivity index (χ0) is 13.7. The first-order chi connectivity index (χ1) is 9.16. The Kier molecular flexibility index (Phi) is 4.79. The number of amides is 1. The van der Waals surface area contributed by atoms with Crippen LogP contribution in [0.15, 0.2) is 6.20 Å². The van der Waals surface area contributed by atoms with Crippen molar-refractivity contribution in [3.05, 3.63) is 11.9 Å². The zero-order valence-electron chi connectivity index (χ0n) is 11.8. The number of hydrogen-bond acceptors (Lipinski definition) is 4. The van der Waals surface area contributed by atoms with Crippen LogP contribution in [0.3, 0.4) is 0 Å². The highest BCUT2D eigenvalue weighted by Crippen LogP contribution is 2.13. The molecule has 0 saturated carbocycles. The van der Waals surface area contributed by atoms with Crippen LogP contribution in [0.25, 0.3) is 0 Å². The van der Waals surface area contributed by atoms with Gasteiger partial charge in [-0.15, -0.1) is 0 Å². The smallest absolute Gasteiger partial charge is 0.271 e. The molecule has 0 saturated heterocycles. The number of imidazole rings is 1. The molecule has 1 aliphatic rings. The Balaban J connectivity index is 1.75. The van der Waals surface area contributed by atoms with E-state index in [1.807, 2.05) is 10.8 Å². The highest BCUT2D eigenvalue weighted by atomic mass is 16.1. The van der Waals surface area contributed by atoms with E-state index in [9.17, 15) is 4.79 Å². The van der Waals surface area contributed by atoms with Gasteiger partial charge in [0.15, 0.2) is 0 Å². The van der Waals surface area contributed by atoms with Gasteiger partial charge in [-0.05, 0) is 39.9 Å². The van der Waals surface area contributed by atoms with Crippen molar-refractivity contribution in [2.24, 2.45) is 0 Å². The first-order valence-electron chi connectivity index (χ1n) is 6.91. The number of fused-ring (bicyclic) bond motifs is 1.